The van der Waals surface area contributed by atoms with Crippen LogP contribution in [-0.4, -0.2) is 50.2 Å². The maximum Gasteiger partial charge on any atom is 0.397 e. The Morgan fingerprint density at radius 1 is 1.32 bits per heavy atom. The number of nitrogens with one attached hydrogen (secondary N) is 1. The summed E-state index contributed by atoms with van der Waals surface area (Å²) in [6.45, 7) is 0.529. The number of hydrogen-bond donors (Lipinski definition) is 1. The van der Waals surface area contributed by atoms with Crippen molar-refractivity contribution in [2.75, 3.05) is 13.1 Å². The molecule has 130 valence electrons. The number of halogens is 3. The van der Waals surface area contributed by atoms with Crippen molar-refractivity contribution in [2.24, 2.45) is 0 Å². The molecule has 0 aliphatic carbocycles. The van der Waals surface area contributed by atoms with E-state index in [4.69, 9.17) is 0 Å². The van der Waals surface area contributed by atoms with Crippen LogP contribution in [0, 0.1) is 0 Å². The first-order valence-corrected chi connectivity index (χ1v) is 7.85. The average Bonchev–Trinajstić information content (AvgIpc) is 3.22. The fourth-order valence-corrected chi connectivity index (χ4v) is 3.38. The molecule has 0 radical (unpaired) electrons. The zero-order chi connectivity index (χ0) is 17.6. The summed E-state index contributed by atoms with van der Waals surface area (Å²) in [6.07, 6.45) is -1.96. The van der Waals surface area contributed by atoms with Crippen LogP contribution in [0.5, 0.6) is 0 Å². The van der Waals surface area contributed by atoms with Gasteiger partial charge >= 0.3 is 6.18 Å². The van der Waals surface area contributed by atoms with E-state index in [1.54, 1.807) is 18.5 Å². The number of carbonyl (C=O) groups excluding carboxylic acids is 1. The molecule has 0 spiro atoms. The van der Waals surface area contributed by atoms with E-state index >= 15 is 0 Å². The number of pyridine rings is 1. The number of fused-ring (bicyclic) bond motifs is 3. The molecule has 3 aromatic heterocycles. The van der Waals surface area contributed by atoms with Gasteiger partial charge in [-0.05, 0) is 18.6 Å². The number of aromatic amines is 1. The SMILES string of the molecule is O=C(CC(F)(F)F)N1CCC(c2nccc3nnc4[nH]ccc4c23)C1. The van der Waals surface area contributed by atoms with E-state index in [1.165, 1.54) is 4.90 Å². The highest BCUT2D eigenvalue weighted by atomic mass is 19.4. The first-order valence-electron chi connectivity index (χ1n) is 7.85. The maximum absolute atomic E-state index is 12.4. The van der Waals surface area contributed by atoms with Crippen LogP contribution in [0.3, 0.4) is 0 Å². The number of amides is 1. The summed E-state index contributed by atoms with van der Waals surface area (Å²) in [7, 11) is 0. The van der Waals surface area contributed by atoms with Gasteiger partial charge < -0.3 is 9.88 Å². The molecule has 1 amide bonds. The van der Waals surface area contributed by atoms with Crippen LogP contribution in [0.2, 0.25) is 0 Å². The molecule has 4 heterocycles. The largest absolute Gasteiger partial charge is 0.397 e. The van der Waals surface area contributed by atoms with Crippen LogP contribution in [0.4, 0.5) is 13.2 Å². The van der Waals surface area contributed by atoms with E-state index in [2.05, 4.69) is 20.2 Å². The predicted octanol–water partition coefficient (Wildman–Crippen LogP) is 2.77. The fraction of sp³-hybridized carbons (Fsp3) is 0.375. The molecule has 1 aliphatic heterocycles. The highest BCUT2D eigenvalue weighted by Crippen LogP contribution is 2.34. The molecule has 25 heavy (non-hydrogen) atoms. The number of likely N-dealkylation sites (tertiary alicyclic amines) is 1. The molecular formula is C16H14F3N5O. The van der Waals surface area contributed by atoms with Crippen molar-refractivity contribution in [1.82, 2.24) is 25.1 Å². The Kier molecular flexibility index (Phi) is 3.59. The van der Waals surface area contributed by atoms with Gasteiger partial charge in [0.05, 0.1) is 11.2 Å². The second kappa shape index (κ2) is 5.68. The molecule has 0 aromatic carbocycles. The third-order valence-corrected chi connectivity index (χ3v) is 4.49. The van der Waals surface area contributed by atoms with Crippen molar-refractivity contribution in [3.05, 3.63) is 30.2 Å². The number of nitrogens with zero attached hydrogens (tertiary/aromatic N) is 4. The Hall–Kier alpha value is -2.71. The smallest absolute Gasteiger partial charge is 0.345 e. The van der Waals surface area contributed by atoms with Crippen LogP contribution in [-0.2, 0) is 4.79 Å². The minimum absolute atomic E-state index is 0.122. The minimum atomic E-state index is -4.49. The standard InChI is InChI=1S/C16H14F3N5O/c17-16(18,19)7-12(25)24-6-3-9(8-24)14-13-10-1-4-21-15(10)23-22-11(13)2-5-20-14/h1-2,4-5,9H,3,6-8H2,(H,21,23). The predicted molar refractivity (Wildman–Crippen MR) is 83.8 cm³/mol. The van der Waals surface area contributed by atoms with Crippen molar-refractivity contribution in [3.63, 3.8) is 0 Å². The summed E-state index contributed by atoms with van der Waals surface area (Å²) in [6, 6.07) is 3.62. The Balaban J connectivity index is 1.67. The van der Waals surface area contributed by atoms with Crippen LogP contribution in [0.25, 0.3) is 21.9 Å². The molecule has 3 aromatic rings. The van der Waals surface area contributed by atoms with Gasteiger partial charge in [-0.1, -0.05) is 0 Å². The lowest BCUT2D eigenvalue weighted by Crippen LogP contribution is -2.32. The molecule has 1 N–H and O–H groups in total. The van der Waals surface area contributed by atoms with Crippen molar-refractivity contribution in [2.45, 2.75) is 24.9 Å². The first kappa shape index (κ1) is 15.8. The van der Waals surface area contributed by atoms with E-state index in [-0.39, 0.29) is 12.5 Å². The van der Waals surface area contributed by atoms with Gasteiger partial charge in [0.2, 0.25) is 5.91 Å². The van der Waals surface area contributed by atoms with Gasteiger partial charge in [-0.25, -0.2) is 0 Å². The maximum atomic E-state index is 12.4. The highest BCUT2D eigenvalue weighted by Gasteiger charge is 2.37. The minimum Gasteiger partial charge on any atom is -0.345 e. The van der Waals surface area contributed by atoms with Crippen molar-refractivity contribution >= 4 is 27.8 Å². The van der Waals surface area contributed by atoms with Gasteiger partial charge in [-0.15, -0.1) is 10.2 Å². The van der Waals surface area contributed by atoms with Crippen LogP contribution in [0.15, 0.2) is 24.5 Å². The van der Waals surface area contributed by atoms with E-state index in [1.807, 2.05) is 6.07 Å². The summed E-state index contributed by atoms with van der Waals surface area (Å²) in [5.74, 6) is -1.01. The number of H-pyrrole nitrogens is 1. The third-order valence-electron chi connectivity index (χ3n) is 4.49. The number of rotatable bonds is 2. The third kappa shape index (κ3) is 2.90. The molecule has 1 aliphatic rings. The summed E-state index contributed by atoms with van der Waals surface area (Å²) in [5, 5.41) is 9.97. The molecule has 1 saturated heterocycles. The number of carbonyl (C=O) groups is 1. The van der Waals surface area contributed by atoms with Gasteiger partial charge in [0.15, 0.2) is 5.65 Å². The number of aromatic nitrogens is 4. The molecule has 0 bridgehead atoms. The Bertz CT molecular complexity index is 952. The van der Waals surface area contributed by atoms with Gasteiger partial charge in [-0.3, -0.25) is 9.78 Å². The molecule has 4 rings (SSSR count). The normalized spacial score (nSPS) is 18.4. The zero-order valence-corrected chi connectivity index (χ0v) is 13.0. The second-order valence-electron chi connectivity index (χ2n) is 6.15. The zero-order valence-electron chi connectivity index (χ0n) is 13.0. The number of alkyl halides is 3. The molecule has 9 heteroatoms. The highest BCUT2D eigenvalue weighted by molar-refractivity contribution is 6.04. The molecule has 1 atom stereocenters. The van der Waals surface area contributed by atoms with Gasteiger partial charge in [0, 0.05) is 42.2 Å². The Morgan fingerprint density at radius 2 is 2.16 bits per heavy atom. The number of hydrogen-bond acceptors (Lipinski definition) is 4. The van der Waals surface area contributed by atoms with E-state index in [9.17, 15) is 18.0 Å². The van der Waals surface area contributed by atoms with E-state index in [0.717, 1.165) is 16.5 Å². The quantitative estimate of drug-likeness (QED) is 0.772. The van der Waals surface area contributed by atoms with Crippen LogP contribution in [0.1, 0.15) is 24.5 Å². The Labute approximate surface area is 140 Å². The lowest BCUT2D eigenvalue weighted by atomic mass is 9.99. The van der Waals surface area contributed by atoms with Crippen molar-refractivity contribution < 1.29 is 18.0 Å². The summed E-state index contributed by atoms with van der Waals surface area (Å²) in [4.78, 5) is 20.5. The van der Waals surface area contributed by atoms with Crippen molar-refractivity contribution in [3.8, 4) is 0 Å². The summed E-state index contributed by atoms with van der Waals surface area (Å²) in [5.41, 5.74) is 2.06. The lowest BCUT2D eigenvalue weighted by Gasteiger charge is -2.18. The van der Waals surface area contributed by atoms with E-state index in [0.29, 0.717) is 24.1 Å². The van der Waals surface area contributed by atoms with Gasteiger partial charge in [0.1, 0.15) is 6.42 Å². The van der Waals surface area contributed by atoms with Crippen LogP contribution < -0.4 is 0 Å². The first-order chi connectivity index (χ1) is 11.9. The van der Waals surface area contributed by atoms with Crippen molar-refractivity contribution in [1.29, 1.82) is 0 Å². The van der Waals surface area contributed by atoms with Gasteiger partial charge in [-0.2, -0.15) is 13.2 Å². The second-order valence-corrected chi connectivity index (χ2v) is 6.15. The van der Waals surface area contributed by atoms with Gasteiger partial charge in [0.25, 0.3) is 0 Å². The average molecular weight is 349 g/mol. The molecule has 1 fully saturated rings. The Morgan fingerprint density at radius 3 is 2.96 bits per heavy atom. The van der Waals surface area contributed by atoms with Crippen LogP contribution >= 0.6 is 0 Å². The molecule has 0 saturated carbocycles. The summed E-state index contributed by atoms with van der Waals surface area (Å²) >= 11 is 0. The molecule has 6 nitrogen and oxygen atoms in total. The topological polar surface area (TPSA) is 74.8 Å². The fourth-order valence-electron chi connectivity index (χ4n) is 3.38. The lowest BCUT2D eigenvalue weighted by molar-refractivity contribution is -0.160. The summed E-state index contributed by atoms with van der Waals surface area (Å²) < 4.78 is 37.3. The monoisotopic (exact) mass is 349 g/mol. The molecular weight excluding hydrogens is 335 g/mol. The molecule has 1 unspecified atom stereocenters. The van der Waals surface area contributed by atoms with E-state index < -0.39 is 18.5 Å².